The van der Waals surface area contributed by atoms with Crippen LogP contribution in [0.4, 0.5) is 0 Å². The summed E-state index contributed by atoms with van der Waals surface area (Å²) in [7, 11) is 0. The Balaban J connectivity index is 2.34. The van der Waals surface area contributed by atoms with E-state index < -0.39 is 0 Å². The summed E-state index contributed by atoms with van der Waals surface area (Å²) in [5.74, 6) is 0.610. The van der Waals surface area contributed by atoms with Crippen LogP contribution in [0.1, 0.15) is 30.1 Å². The Bertz CT molecular complexity index is 836. The molecular weight excluding hydrogens is 304 g/mol. The van der Waals surface area contributed by atoms with E-state index in [2.05, 4.69) is 4.98 Å². The fraction of sp³-hybridized carbons (Fsp3) is 0.250. The summed E-state index contributed by atoms with van der Waals surface area (Å²) in [5, 5.41) is 1.60. The summed E-state index contributed by atoms with van der Waals surface area (Å²) in [5.41, 5.74) is 2.63. The number of nitrogens with zero attached hydrogens (tertiary/aromatic N) is 2. The number of hydrogen-bond donors (Lipinski definition) is 0. The maximum absolute atomic E-state index is 12.8. The molecule has 1 unspecified atom stereocenters. The highest BCUT2D eigenvalue weighted by atomic mass is 35.5. The van der Waals surface area contributed by atoms with Crippen LogP contribution in [0.2, 0.25) is 0 Å². The molecule has 1 aromatic carbocycles. The second-order valence-electron chi connectivity index (χ2n) is 4.96. The standard InChI is InChI=1S/C16H15ClN2OS/c1-3-12(17)15-18-13-8-9-21-14(13)16(20)19(15)11-6-4-10(2)5-7-11/h4-9,12H,3H2,1-2H3. The number of alkyl halides is 1. The van der Waals surface area contributed by atoms with E-state index in [0.717, 1.165) is 23.2 Å². The first kappa shape index (κ1) is 14.3. The van der Waals surface area contributed by atoms with Crippen molar-refractivity contribution in [3.63, 3.8) is 0 Å². The zero-order valence-corrected chi connectivity index (χ0v) is 13.4. The summed E-state index contributed by atoms with van der Waals surface area (Å²) < 4.78 is 2.30. The quantitative estimate of drug-likeness (QED) is 0.669. The molecule has 1 atom stereocenters. The predicted octanol–water partition coefficient (Wildman–Crippen LogP) is 4.45. The molecule has 0 saturated heterocycles. The topological polar surface area (TPSA) is 34.9 Å². The van der Waals surface area contributed by atoms with Gasteiger partial charge in [-0.2, -0.15) is 0 Å². The van der Waals surface area contributed by atoms with E-state index in [-0.39, 0.29) is 10.9 Å². The third kappa shape index (κ3) is 2.49. The van der Waals surface area contributed by atoms with Gasteiger partial charge in [-0.05, 0) is 36.9 Å². The minimum Gasteiger partial charge on any atom is -0.267 e. The van der Waals surface area contributed by atoms with Gasteiger partial charge in [-0.1, -0.05) is 24.6 Å². The van der Waals surface area contributed by atoms with Crippen molar-refractivity contribution in [1.82, 2.24) is 9.55 Å². The molecule has 108 valence electrons. The highest BCUT2D eigenvalue weighted by molar-refractivity contribution is 7.17. The van der Waals surface area contributed by atoms with Gasteiger partial charge in [0.05, 0.1) is 16.6 Å². The third-order valence-corrected chi connectivity index (χ3v) is 4.83. The van der Waals surface area contributed by atoms with Gasteiger partial charge in [0, 0.05) is 0 Å². The van der Waals surface area contributed by atoms with Gasteiger partial charge in [-0.25, -0.2) is 4.98 Å². The van der Waals surface area contributed by atoms with E-state index >= 15 is 0 Å². The number of rotatable bonds is 3. The molecular formula is C16H15ClN2OS. The van der Waals surface area contributed by atoms with Crippen molar-refractivity contribution in [3.8, 4) is 5.69 Å². The minimum atomic E-state index is -0.289. The molecule has 2 aromatic heterocycles. The molecule has 0 radical (unpaired) electrons. The largest absolute Gasteiger partial charge is 0.276 e. The number of benzene rings is 1. The van der Waals surface area contributed by atoms with E-state index in [9.17, 15) is 4.79 Å². The van der Waals surface area contributed by atoms with E-state index in [1.165, 1.54) is 11.3 Å². The molecule has 3 rings (SSSR count). The van der Waals surface area contributed by atoms with Crippen LogP contribution in [0, 0.1) is 6.92 Å². The van der Waals surface area contributed by atoms with Crippen LogP contribution >= 0.6 is 22.9 Å². The summed E-state index contributed by atoms with van der Waals surface area (Å²) >= 11 is 7.81. The molecule has 0 spiro atoms. The number of fused-ring (bicyclic) bond motifs is 1. The molecule has 0 fully saturated rings. The van der Waals surface area contributed by atoms with E-state index in [4.69, 9.17) is 11.6 Å². The Morgan fingerprint density at radius 1 is 1.29 bits per heavy atom. The van der Waals surface area contributed by atoms with Crippen LogP contribution < -0.4 is 5.56 Å². The average molecular weight is 319 g/mol. The van der Waals surface area contributed by atoms with Crippen LogP contribution in [0.25, 0.3) is 15.9 Å². The molecule has 0 amide bonds. The molecule has 0 bridgehead atoms. The normalized spacial score (nSPS) is 12.7. The molecule has 2 heterocycles. The SMILES string of the molecule is CCC(Cl)c1nc2ccsc2c(=O)n1-c1ccc(C)cc1. The number of aromatic nitrogens is 2. The van der Waals surface area contributed by atoms with Crippen molar-refractivity contribution >= 4 is 33.2 Å². The third-order valence-electron chi connectivity index (χ3n) is 3.44. The number of halogens is 1. The lowest BCUT2D eigenvalue weighted by atomic mass is 10.2. The molecule has 5 heteroatoms. The Labute approximate surface area is 131 Å². The highest BCUT2D eigenvalue weighted by Gasteiger charge is 2.18. The molecule has 0 aliphatic heterocycles. The van der Waals surface area contributed by atoms with E-state index in [1.54, 1.807) is 4.57 Å². The molecule has 21 heavy (non-hydrogen) atoms. The van der Waals surface area contributed by atoms with Gasteiger partial charge in [0.15, 0.2) is 0 Å². The van der Waals surface area contributed by atoms with Crippen molar-refractivity contribution in [2.24, 2.45) is 0 Å². The monoisotopic (exact) mass is 318 g/mol. The lowest BCUT2D eigenvalue weighted by Gasteiger charge is -2.15. The number of thiophene rings is 1. The Morgan fingerprint density at radius 3 is 2.67 bits per heavy atom. The molecule has 0 saturated carbocycles. The lowest BCUT2D eigenvalue weighted by Crippen LogP contribution is -2.23. The summed E-state index contributed by atoms with van der Waals surface area (Å²) in [6.07, 6.45) is 0.718. The molecule has 3 aromatic rings. The Morgan fingerprint density at radius 2 is 2.00 bits per heavy atom. The molecule has 0 aliphatic carbocycles. The minimum absolute atomic E-state index is 0.0482. The van der Waals surface area contributed by atoms with Crippen LogP contribution in [0.3, 0.4) is 0 Å². The summed E-state index contributed by atoms with van der Waals surface area (Å²) in [6.45, 7) is 4.01. The van der Waals surface area contributed by atoms with Crippen LogP contribution in [-0.4, -0.2) is 9.55 Å². The van der Waals surface area contributed by atoms with Crippen molar-refractivity contribution in [2.45, 2.75) is 25.6 Å². The molecule has 3 nitrogen and oxygen atoms in total. The maximum Gasteiger partial charge on any atom is 0.276 e. The van der Waals surface area contributed by atoms with Gasteiger partial charge in [0.2, 0.25) is 0 Å². The van der Waals surface area contributed by atoms with Crippen molar-refractivity contribution in [2.75, 3.05) is 0 Å². The van der Waals surface area contributed by atoms with Gasteiger partial charge < -0.3 is 0 Å². The van der Waals surface area contributed by atoms with Crippen molar-refractivity contribution in [1.29, 1.82) is 0 Å². The van der Waals surface area contributed by atoms with Crippen LogP contribution in [-0.2, 0) is 0 Å². The van der Waals surface area contributed by atoms with Gasteiger partial charge in [-0.15, -0.1) is 22.9 Å². The zero-order chi connectivity index (χ0) is 15.0. The Hall–Kier alpha value is -1.65. The van der Waals surface area contributed by atoms with Gasteiger partial charge in [0.1, 0.15) is 10.5 Å². The molecule has 0 aliphatic rings. The van der Waals surface area contributed by atoms with Gasteiger partial charge in [0.25, 0.3) is 5.56 Å². The second-order valence-corrected chi connectivity index (χ2v) is 6.40. The maximum atomic E-state index is 12.8. The van der Waals surface area contributed by atoms with Crippen LogP contribution in [0.15, 0.2) is 40.5 Å². The first-order chi connectivity index (χ1) is 10.1. The Kier molecular flexibility index (Phi) is 3.83. The number of hydrogen-bond acceptors (Lipinski definition) is 3. The molecule has 0 N–H and O–H groups in total. The summed E-state index contributed by atoms with van der Waals surface area (Å²) in [4.78, 5) is 17.4. The average Bonchev–Trinajstić information content (AvgIpc) is 2.96. The van der Waals surface area contributed by atoms with E-state index in [1.807, 2.05) is 49.6 Å². The smallest absolute Gasteiger partial charge is 0.267 e. The predicted molar refractivity (Wildman–Crippen MR) is 88.8 cm³/mol. The van der Waals surface area contributed by atoms with Gasteiger partial charge in [-0.3, -0.25) is 9.36 Å². The summed E-state index contributed by atoms with van der Waals surface area (Å²) in [6, 6.07) is 9.70. The number of aryl methyl sites for hydroxylation is 1. The second kappa shape index (κ2) is 5.62. The fourth-order valence-corrected chi connectivity index (χ4v) is 3.17. The van der Waals surface area contributed by atoms with E-state index in [0.29, 0.717) is 10.5 Å². The highest BCUT2D eigenvalue weighted by Crippen LogP contribution is 2.26. The van der Waals surface area contributed by atoms with Crippen molar-refractivity contribution in [3.05, 3.63) is 57.5 Å². The lowest BCUT2D eigenvalue weighted by molar-refractivity contribution is 0.752. The fourth-order valence-electron chi connectivity index (χ4n) is 2.27. The zero-order valence-electron chi connectivity index (χ0n) is 11.8. The van der Waals surface area contributed by atoms with Gasteiger partial charge >= 0.3 is 0 Å². The first-order valence-electron chi connectivity index (χ1n) is 6.83. The van der Waals surface area contributed by atoms with Crippen LogP contribution in [0.5, 0.6) is 0 Å². The van der Waals surface area contributed by atoms with Crippen molar-refractivity contribution < 1.29 is 0 Å². The first-order valence-corrected chi connectivity index (χ1v) is 8.14.